The molecule has 4 heteroatoms. The van der Waals surface area contributed by atoms with Gasteiger partial charge in [0, 0.05) is 38.8 Å². The van der Waals surface area contributed by atoms with Gasteiger partial charge in [0.2, 0.25) is 11.7 Å². The number of carbonyl (C=O) groups excluding carboxylic acids is 2. The highest BCUT2D eigenvalue weighted by Gasteiger charge is 2.15. The van der Waals surface area contributed by atoms with Crippen LogP contribution in [-0.2, 0) is 18.3 Å². The molecule has 1 heterocycles. The maximum absolute atomic E-state index is 12.4. The van der Waals surface area contributed by atoms with Crippen molar-refractivity contribution in [1.82, 2.24) is 9.47 Å². The van der Waals surface area contributed by atoms with E-state index in [4.69, 9.17) is 0 Å². The predicted octanol–water partition coefficient (Wildman–Crippen LogP) is 2.28. The molecule has 21 heavy (non-hydrogen) atoms. The summed E-state index contributed by atoms with van der Waals surface area (Å²) in [7, 11) is 5.36. The third-order valence-corrected chi connectivity index (χ3v) is 3.59. The maximum Gasteiger partial charge on any atom is 0.222 e. The quantitative estimate of drug-likeness (QED) is 0.790. The molecule has 1 aromatic heterocycles. The lowest BCUT2D eigenvalue weighted by Gasteiger charge is -2.11. The Bertz CT molecular complexity index is 642. The van der Waals surface area contributed by atoms with Gasteiger partial charge in [0.05, 0.1) is 5.69 Å². The summed E-state index contributed by atoms with van der Waals surface area (Å²) in [5, 5.41) is 0. The highest BCUT2D eigenvalue weighted by atomic mass is 16.2. The van der Waals surface area contributed by atoms with E-state index in [-0.39, 0.29) is 11.7 Å². The molecule has 0 atom stereocenters. The Kier molecular flexibility index (Phi) is 4.58. The van der Waals surface area contributed by atoms with Crippen LogP contribution < -0.4 is 0 Å². The number of aromatic nitrogens is 1. The molecule has 0 aliphatic heterocycles. The molecular formula is C17H20N2O2. The summed E-state index contributed by atoms with van der Waals surface area (Å²) in [6.45, 7) is 0. The molecule has 1 aromatic carbocycles. The van der Waals surface area contributed by atoms with Crippen molar-refractivity contribution in [2.45, 2.75) is 12.8 Å². The number of benzene rings is 1. The first-order valence-corrected chi connectivity index (χ1v) is 6.95. The normalized spacial score (nSPS) is 10.4. The Morgan fingerprint density at radius 2 is 1.71 bits per heavy atom. The molecular weight excluding hydrogens is 264 g/mol. The standard InChI is InChI=1S/C17H20N2O2/c1-18(2)16(20)12-10-14-9-11-15(19(14)3)17(21)13-7-5-4-6-8-13/h4-9,11H,10,12H2,1-3H3. The Morgan fingerprint density at radius 3 is 2.33 bits per heavy atom. The van der Waals surface area contributed by atoms with E-state index in [9.17, 15) is 9.59 Å². The molecule has 0 radical (unpaired) electrons. The molecule has 2 aromatic rings. The fraction of sp³-hybridized carbons (Fsp3) is 0.294. The fourth-order valence-electron chi connectivity index (χ4n) is 2.23. The van der Waals surface area contributed by atoms with E-state index in [0.29, 0.717) is 24.1 Å². The Balaban J connectivity index is 2.14. The minimum absolute atomic E-state index is 0.00304. The average Bonchev–Trinajstić information content (AvgIpc) is 2.85. The third kappa shape index (κ3) is 3.40. The van der Waals surface area contributed by atoms with Crippen LogP contribution in [0.25, 0.3) is 0 Å². The monoisotopic (exact) mass is 284 g/mol. The number of hydrogen-bond acceptors (Lipinski definition) is 2. The second-order valence-electron chi connectivity index (χ2n) is 5.25. The molecule has 0 unspecified atom stereocenters. The molecule has 0 aliphatic rings. The Hall–Kier alpha value is -2.36. The van der Waals surface area contributed by atoms with Crippen molar-refractivity contribution in [2.24, 2.45) is 7.05 Å². The van der Waals surface area contributed by atoms with Crippen molar-refractivity contribution in [2.75, 3.05) is 14.1 Å². The second kappa shape index (κ2) is 6.39. The largest absolute Gasteiger partial charge is 0.349 e. The molecule has 0 saturated heterocycles. The van der Waals surface area contributed by atoms with Crippen molar-refractivity contribution in [1.29, 1.82) is 0 Å². The fourth-order valence-corrected chi connectivity index (χ4v) is 2.23. The first-order chi connectivity index (χ1) is 10.0. The highest BCUT2D eigenvalue weighted by Crippen LogP contribution is 2.14. The van der Waals surface area contributed by atoms with Crippen LogP contribution in [0.5, 0.6) is 0 Å². The zero-order valence-corrected chi connectivity index (χ0v) is 12.7. The minimum atomic E-state index is 0.00304. The summed E-state index contributed by atoms with van der Waals surface area (Å²) in [4.78, 5) is 25.7. The molecule has 0 fully saturated rings. The van der Waals surface area contributed by atoms with Crippen molar-refractivity contribution in [3.05, 3.63) is 59.4 Å². The maximum atomic E-state index is 12.4. The summed E-state index contributed by atoms with van der Waals surface area (Å²) in [6.07, 6.45) is 1.08. The Morgan fingerprint density at radius 1 is 1.05 bits per heavy atom. The van der Waals surface area contributed by atoms with Gasteiger partial charge in [0.15, 0.2) is 0 Å². The molecule has 0 saturated carbocycles. The molecule has 0 spiro atoms. The number of rotatable bonds is 5. The summed E-state index contributed by atoms with van der Waals surface area (Å²) < 4.78 is 1.87. The van der Waals surface area contributed by atoms with Crippen molar-refractivity contribution < 1.29 is 9.59 Å². The first kappa shape index (κ1) is 15.0. The van der Waals surface area contributed by atoms with E-state index in [0.717, 1.165) is 5.69 Å². The summed E-state index contributed by atoms with van der Waals surface area (Å²) in [5.74, 6) is 0.0930. The van der Waals surface area contributed by atoms with Crippen LogP contribution in [-0.4, -0.2) is 35.3 Å². The number of ketones is 1. The molecule has 0 bridgehead atoms. The molecule has 0 aliphatic carbocycles. The first-order valence-electron chi connectivity index (χ1n) is 6.95. The van der Waals surface area contributed by atoms with E-state index < -0.39 is 0 Å². The Labute approximate surface area is 125 Å². The average molecular weight is 284 g/mol. The van der Waals surface area contributed by atoms with Gasteiger partial charge in [-0.05, 0) is 18.6 Å². The van der Waals surface area contributed by atoms with Gasteiger partial charge in [-0.1, -0.05) is 30.3 Å². The van der Waals surface area contributed by atoms with E-state index in [2.05, 4.69) is 0 Å². The van der Waals surface area contributed by atoms with E-state index in [1.165, 1.54) is 0 Å². The van der Waals surface area contributed by atoms with Gasteiger partial charge in [0.25, 0.3) is 0 Å². The number of nitrogens with zero attached hydrogens (tertiary/aromatic N) is 2. The van der Waals surface area contributed by atoms with Crippen LogP contribution in [0.15, 0.2) is 42.5 Å². The summed E-state index contributed by atoms with van der Waals surface area (Å²) in [6, 6.07) is 13.0. The number of amides is 1. The number of hydrogen-bond donors (Lipinski definition) is 0. The van der Waals surface area contributed by atoms with Gasteiger partial charge < -0.3 is 9.47 Å². The van der Waals surface area contributed by atoms with Crippen LogP contribution >= 0.6 is 0 Å². The zero-order chi connectivity index (χ0) is 15.4. The summed E-state index contributed by atoms with van der Waals surface area (Å²) in [5.41, 5.74) is 2.31. The van der Waals surface area contributed by atoms with Crippen molar-refractivity contribution in [3.8, 4) is 0 Å². The molecule has 110 valence electrons. The van der Waals surface area contributed by atoms with Crippen LogP contribution in [0.4, 0.5) is 0 Å². The van der Waals surface area contributed by atoms with Crippen LogP contribution in [0.3, 0.4) is 0 Å². The number of aryl methyl sites for hydroxylation is 1. The van der Waals surface area contributed by atoms with E-state index >= 15 is 0 Å². The zero-order valence-electron chi connectivity index (χ0n) is 12.7. The lowest BCUT2D eigenvalue weighted by molar-refractivity contribution is -0.128. The van der Waals surface area contributed by atoms with Gasteiger partial charge in [-0.3, -0.25) is 9.59 Å². The van der Waals surface area contributed by atoms with E-state index in [1.807, 2.05) is 54.1 Å². The van der Waals surface area contributed by atoms with Gasteiger partial charge in [0.1, 0.15) is 0 Å². The van der Waals surface area contributed by atoms with Gasteiger partial charge in [-0.2, -0.15) is 0 Å². The van der Waals surface area contributed by atoms with Crippen molar-refractivity contribution in [3.63, 3.8) is 0 Å². The minimum Gasteiger partial charge on any atom is -0.349 e. The lowest BCUT2D eigenvalue weighted by Crippen LogP contribution is -2.22. The van der Waals surface area contributed by atoms with E-state index in [1.54, 1.807) is 19.0 Å². The smallest absolute Gasteiger partial charge is 0.222 e. The third-order valence-electron chi connectivity index (χ3n) is 3.59. The SMILES string of the molecule is CN(C)C(=O)CCc1ccc(C(=O)c2ccccc2)n1C. The second-order valence-corrected chi connectivity index (χ2v) is 5.25. The van der Waals surface area contributed by atoms with Crippen LogP contribution in [0.2, 0.25) is 0 Å². The number of carbonyl (C=O) groups is 2. The topological polar surface area (TPSA) is 42.3 Å². The molecule has 1 amide bonds. The lowest BCUT2D eigenvalue weighted by atomic mass is 10.1. The van der Waals surface area contributed by atoms with Crippen LogP contribution in [0.1, 0.15) is 28.2 Å². The van der Waals surface area contributed by atoms with Gasteiger partial charge >= 0.3 is 0 Å². The molecule has 4 nitrogen and oxygen atoms in total. The molecule has 2 rings (SSSR count). The van der Waals surface area contributed by atoms with Gasteiger partial charge in [-0.25, -0.2) is 0 Å². The molecule has 0 N–H and O–H groups in total. The van der Waals surface area contributed by atoms with Crippen molar-refractivity contribution >= 4 is 11.7 Å². The van der Waals surface area contributed by atoms with Crippen LogP contribution in [0, 0.1) is 0 Å². The highest BCUT2D eigenvalue weighted by molar-refractivity contribution is 6.08. The van der Waals surface area contributed by atoms with Gasteiger partial charge in [-0.15, -0.1) is 0 Å². The predicted molar refractivity (Wildman–Crippen MR) is 82.3 cm³/mol. The summed E-state index contributed by atoms with van der Waals surface area (Å²) >= 11 is 0.